The summed E-state index contributed by atoms with van der Waals surface area (Å²) in [5.41, 5.74) is 2.20. The van der Waals surface area contributed by atoms with Crippen LogP contribution in [-0.2, 0) is 14.6 Å². The fourth-order valence-electron chi connectivity index (χ4n) is 2.41. The summed E-state index contributed by atoms with van der Waals surface area (Å²) >= 11 is 0. The Bertz CT molecular complexity index is 906. The Balaban J connectivity index is 2.64. The maximum atomic E-state index is 13.1. The van der Waals surface area contributed by atoms with Crippen LogP contribution < -0.4 is 0 Å². The predicted molar refractivity (Wildman–Crippen MR) is 93.6 cm³/mol. The first-order valence-electron chi connectivity index (χ1n) is 7.18. The van der Waals surface area contributed by atoms with E-state index >= 15 is 0 Å². The molecular formula is C19H17FO3S. The summed E-state index contributed by atoms with van der Waals surface area (Å²) in [5.74, 6) is -0.581. The quantitative estimate of drug-likeness (QED) is 0.469. The molecule has 5 heteroatoms. The molecule has 0 radical (unpaired) electrons. The van der Waals surface area contributed by atoms with Crippen LogP contribution in [0.5, 0.6) is 0 Å². The third-order valence-corrected chi connectivity index (χ3v) is 4.68. The molecule has 0 spiro atoms. The molecule has 124 valence electrons. The third kappa shape index (κ3) is 3.86. The van der Waals surface area contributed by atoms with E-state index < -0.39 is 9.84 Å². The minimum Gasteiger partial charge on any atom is -0.294 e. The highest BCUT2D eigenvalue weighted by molar-refractivity contribution is 7.90. The number of hydrogen-bond acceptors (Lipinski definition) is 3. The molecule has 3 nitrogen and oxygen atoms in total. The van der Waals surface area contributed by atoms with Crippen molar-refractivity contribution in [2.75, 3.05) is 6.26 Å². The van der Waals surface area contributed by atoms with Crippen LogP contribution in [0.15, 0.2) is 66.1 Å². The predicted octanol–water partition coefficient (Wildman–Crippen LogP) is 3.92. The minimum atomic E-state index is -3.30. The molecule has 0 heterocycles. The maximum Gasteiger partial charge on any atom is 0.175 e. The van der Waals surface area contributed by atoms with Crippen LogP contribution in [0.4, 0.5) is 4.39 Å². The summed E-state index contributed by atoms with van der Waals surface area (Å²) in [6.45, 7) is 5.18. The van der Waals surface area contributed by atoms with Crippen molar-refractivity contribution in [2.45, 2.75) is 11.8 Å². The minimum absolute atomic E-state index is 0.191. The molecule has 0 saturated heterocycles. The molecule has 2 aromatic rings. The van der Waals surface area contributed by atoms with Crippen molar-refractivity contribution < 1.29 is 17.6 Å². The van der Waals surface area contributed by atoms with Crippen molar-refractivity contribution >= 4 is 26.8 Å². The van der Waals surface area contributed by atoms with Crippen molar-refractivity contribution in [3.63, 3.8) is 0 Å². The number of ketones is 1. The lowest BCUT2D eigenvalue weighted by Gasteiger charge is -2.12. The number of halogens is 1. The Hall–Kier alpha value is -2.53. The summed E-state index contributed by atoms with van der Waals surface area (Å²) in [5, 5.41) is 0. The van der Waals surface area contributed by atoms with Crippen LogP contribution in [0, 0.1) is 5.82 Å². The Morgan fingerprint density at radius 3 is 1.92 bits per heavy atom. The van der Waals surface area contributed by atoms with Crippen LogP contribution in [0.25, 0.3) is 11.1 Å². The highest BCUT2D eigenvalue weighted by Gasteiger charge is 2.15. The van der Waals surface area contributed by atoms with Gasteiger partial charge >= 0.3 is 0 Å². The lowest BCUT2D eigenvalue weighted by molar-refractivity contribution is -0.111. The number of benzene rings is 2. The van der Waals surface area contributed by atoms with Gasteiger partial charge in [0.25, 0.3) is 0 Å². The molecule has 0 bridgehead atoms. The van der Waals surface area contributed by atoms with Gasteiger partial charge in [0.2, 0.25) is 0 Å². The average Bonchev–Trinajstić information content (AvgIpc) is 2.52. The number of hydrogen-bond donors (Lipinski definition) is 0. The lowest BCUT2D eigenvalue weighted by atomic mass is 9.92. The van der Waals surface area contributed by atoms with Gasteiger partial charge in [0.05, 0.1) is 4.90 Å². The zero-order chi connectivity index (χ0) is 17.9. The van der Waals surface area contributed by atoms with Crippen molar-refractivity contribution in [1.82, 2.24) is 0 Å². The third-order valence-electron chi connectivity index (χ3n) is 3.55. The molecule has 0 amide bonds. The first kappa shape index (κ1) is 17.8. The van der Waals surface area contributed by atoms with Gasteiger partial charge in [0.15, 0.2) is 15.6 Å². The molecule has 0 N–H and O–H groups in total. The number of sulfone groups is 1. The molecular weight excluding hydrogens is 327 g/mol. The van der Waals surface area contributed by atoms with E-state index in [-0.39, 0.29) is 16.5 Å². The summed E-state index contributed by atoms with van der Waals surface area (Å²) in [6, 6.07) is 11.8. The highest BCUT2D eigenvalue weighted by Crippen LogP contribution is 2.29. The Morgan fingerprint density at radius 2 is 1.50 bits per heavy atom. The van der Waals surface area contributed by atoms with Crippen LogP contribution in [-0.4, -0.2) is 20.5 Å². The second-order valence-corrected chi connectivity index (χ2v) is 7.37. The van der Waals surface area contributed by atoms with Gasteiger partial charge in [0.1, 0.15) is 5.82 Å². The van der Waals surface area contributed by atoms with Crippen LogP contribution in [0.3, 0.4) is 0 Å². The van der Waals surface area contributed by atoms with Crippen molar-refractivity contribution in [3.05, 3.63) is 78.1 Å². The van der Waals surface area contributed by atoms with Crippen molar-refractivity contribution in [2.24, 2.45) is 0 Å². The zero-order valence-corrected chi connectivity index (χ0v) is 14.2. The van der Waals surface area contributed by atoms with Gasteiger partial charge in [-0.1, -0.05) is 36.9 Å². The number of Topliss-reactive ketones (excluding diaryl/α,β-unsaturated/α-hetero) is 1. The molecule has 0 aliphatic heterocycles. The molecule has 0 aromatic heterocycles. The topological polar surface area (TPSA) is 51.2 Å². The smallest absolute Gasteiger partial charge is 0.175 e. The maximum absolute atomic E-state index is 13.1. The van der Waals surface area contributed by atoms with Crippen LogP contribution >= 0.6 is 0 Å². The molecule has 24 heavy (non-hydrogen) atoms. The Kier molecular flexibility index (Phi) is 5.14. The van der Waals surface area contributed by atoms with Gasteiger partial charge in [-0.15, -0.1) is 0 Å². The first-order valence-corrected chi connectivity index (χ1v) is 9.07. The largest absolute Gasteiger partial charge is 0.294 e. The summed E-state index contributed by atoms with van der Waals surface area (Å²) in [4.78, 5) is 12.3. The second-order valence-electron chi connectivity index (χ2n) is 5.35. The van der Waals surface area contributed by atoms with Gasteiger partial charge in [-0.25, -0.2) is 12.8 Å². The molecule has 0 fully saturated rings. The van der Waals surface area contributed by atoms with Crippen molar-refractivity contribution in [1.29, 1.82) is 0 Å². The highest BCUT2D eigenvalue weighted by atomic mass is 32.2. The van der Waals surface area contributed by atoms with E-state index in [2.05, 4.69) is 6.58 Å². The average molecular weight is 344 g/mol. The van der Waals surface area contributed by atoms with E-state index in [9.17, 15) is 17.6 Å². The fraction of sp³-hybridized carbons (Fsp3) is 0.105. The van der Waals surface area contributed by atoms with E-state index in [1.54, 1.807) is 12.1 Å². The number of rotatable bonds is 5. The number of allylic oxidation sites excluding steroid dienone is 3. The zero-order valence-electron chi connectivity index (χ0n) is 13.4. The van der Waals surface area contributed by atoms with Crippen LogP contribution in [0.2, 0.25) is 0 Å². The summed E-state index contributed by atoms with van der Waals surface area (Å²) < 4.78 is 36.2. The second kappa shape index (κ2) is 6.93. The molecule has 0 aliphatic rings. The van der Waals surface area contributed by atoms with E-state index in [0.717, 1.165) is 6.26 Å². The van der Waals surface area contributed by atoms with Gasteiger partial charge in [0, 0.05) is 11.8 Å². The van der Waals surface area contributed by atoms with Gasteiger partial charge in [-0.05, 0) is 47.9 Å². The Labute approximate surface area is 141 Å². The van der Waals surface area contributed by atoms with E-state index in [1.165, 1.54) is 49.4 Å². The fourth-order valence-corrected chi connectivity index (χ4v) is 3.04. The lowest BCUT2D eigenvalue weighted by Crippen LogP contribution is -2.01. The van der Waals surface area contributed by atoms with Gasteiger partial charge < -0.3 is 0 Å². The summed E-state index contributed by atoms with van der Waals surface area (Å²) in [6.07, 6.45) is 2.67. The number of carbonyl (C=O) groups is 1. The number of carbonyl (C=O) groups excluding carboxylic acids is 1. The van der Waals surface area contributed by atoms with Crippen molar-refractivity contribution in [3.8, 4) is 0 Å². The standard InChI is InChI=1S/C19H17FO3S/c1-4-18(14-7-11-17(12-8-14)24(3,22)23)19(13(2)21)15-5-9-16(20)10-6-15/h4-12H,1H2,2-3H3/b19-18-. The normalized spacial score (nSPS) is 12.5. The van der Waals surface area contributed by atoms with Gasteiger partial charge in [-0.2, -0.15) is 0 Å². The molecule has 2 rings (SSSR count). The van der Waals surface area contributed by atoms with Crippen LogP contribution in [0.1, 0.15) is 18.1 Å². The van der Waals surface area contributed by atoms with Gasteiger partial charge in [-0.3, -0.25) is 4.79 Å². The molecule has 0 aliphatic carbocycles. The molecule has 0 unspecified atom stereocenters. The van der Waals surface area contributed by atoms with E-state index in [1.807, 2.05) is 0 Å². The molecule has 0 atom stereocenters. The van der Waals surface area contributed by atoms with E-state index in [0.29, 0.717) is 22.3 Å². The SMILES string of the molecule is C=C/C(=C(\C(C)=O)c1ccc(F)cc1)c1ccc(S(C)(=O)=O)cc1. The first-order chi connectivity index (χ1) is 11.2. The molecule has 0 saturated carbocycles. The monoisotopic (exact) mass is 344 g/mol. The Morgan fingerprint density at radius 1 is 1.00 bits per heavy atom. The van der Waals surface area contributed by atoms with E-state index in [4.69, 9.17) is 0 Å². The molecule has 2 aromatic carbocycles. The summed E-state index contributed by atoms with van der Waals surface area (Å²) in [7, 11) is -3.30.